The van der Waals surface area contributed by atoms with Crippen LogP contribution in [0.5, 0.6) is 11.5 Å². The zero-order valence-corrected chi connectivity index (χ0v) is 19.5. The van der Waals surface area contributed by atoms with E-state index < -0.39 is 5.60 Å². The number of esters is 1. The number of aryl methyl sites for hydroxylation is 2. The van der Waals surface area contributed by atoms with Crippen molar-refractivity contribution in [2.45, 2.75) is 59.0 Å². The number of rotatable bonds is 4. The molecule has 6 heteroatoms. The van der Waals surface area contributed by atoms with Crippen LogP contribution in [0.1, 0.15) is 88.8 Å². The SMILES string of the molecule is Cc1cc(C2(c3cc(C)c(O)cc3C(C)C)OC(=O)c3ccccc32)c(C(C)C)cc1O.[NaH].[NaH]. The first kappa shape index (κ1) is 29.0. The Labute approximate surface area is 246 Å². The first-order valence-electron chi connectivity index (χ1n) is 11.1. The quantitative estimate of drug-likeness (QED) is 0.403. The van der Waals surface area contributed by atoms with Gasteiger partial charge in [-0.15, -0.1) is 0 Å². The van der Waals surface area contributed by atoms with Gasteiger partial charge in [-0.3, -0.25) is 0 Å². The minimum atomic E-state index is -1.18. The monoisotopic (exact) mass is 478 g/mol. The molecule has 0 bridgehead atoms. The Morgan fingerprint density at radius 1 is 0.735 bits per heavy atom. The van der Waals surface area contributed by atoms with Gasteiger partial charge in [0.2, 0.25) is 0 Å². The molecule has 0 fully saturated rings. The molecule has 4 nitrogen and oxygen atoms in total. The summed E-state index contributed by atoms with van der Waals surface area (Å²) in [5.74, 6) is 0.231. The van der Waals surface area contributed by atoms with Gasteiger partial charge in [-0.05, 0) is 78.3 Å². The Bertz CT molecular complexity index is 1170. The average molecular weight is 479 g/mol. The second kappa shape index (κ2) is 10.8. The van der Waals surface area contributed by atoms with Crippen LogP contribution in [0.15, 0.2) is 48.5 Å². The van der Waals surface area contributed by atoms with Gasteiger partial charge in [-0.2, -0.15) is 0 Å². The number of fused-ring (bicyclic) bond motifs is 1. The summed E-state index contributed by atoms with van der Waals surface area (Å²) in [5.41, 5.74) is 5.08. The van der Waals surface area contributed by atoms with E-state index in [-0.39, 0.29) is 88.4 Å². The number of benzene rings is 3. The molecular weight excluding hydrogens is 446 g/mol. The van der Waals surface area contributed by atoms with Crippen LogP contribution in [0, 0.1) is 13.8 Å². The molecule has 0 aliphatic carbocycles. The standard InChI is InChI=1S/C28H30O4.2Na.2H/c1-15(2)20-13-25(29)17(5)11-23(20)28(22-10-8-7-9-19(22)27(31)32-28)24-12-18(6)26(30)14-21(24)16(3)4;;;;/h7-16,29-30H,1-6H3;;;;. The molecule has 3 aromatic carbocycles. The van der Waals surface area contributed by atoms with E-state index in [0.717, 1.165) is 27.8 Å². The number of hydrogen-bond donors (Lipinski definition) is 2. The molecule has 0 saturated carbocycles. The fourth-order valence-corrected chi connectivity index (χ4v) is 4.75. The van der Waals surface area contributed by atoms with Crippen molar-refractivity contribution < 1.29 is 19.7 Å². The Balaban J connectivity index is 0.00000204. The Morgan fingerprint density at radius 2 is 1.18 bits per heavy atom. The number of phenolic OH excluding ortho intramolecular Hbond substituents is 2. The van der Waals surface area contributed by atoms with Gasteiger partial charge in [0.1, 0.15) is 11.5 Å². The summed E-state index contributed by atoms with van der Waals surface area (Å²) in [7, 11) is 0. The first-order chi connectivity index (χ1) is 15.1. The second-order valence-electron chi connectivity index (χ2n) is 9.38. The van der Waals surface area contributed by atoms with Gasteiger partial charge in [0.05, 0.1) is 5.56 Å². The van der Waals surface area contributed by atoms with Crippen LogP contribution in [0.4, 0.5) is 0 Å². The minimum absolute atomic E-state index is 0. The summed E-state index contributed by atoms with van der Waals surface area (Å²) < 4.78 is 6.36. The fourth-order valence-electron chi connectivity index (χ4n) is 4.75. The Morgan fingerprint density at radius 3 is 1.62 bits per heavy atom. The average Bonchev–Trinajstić information content (AvgIpc) is 3.04. The molecule has 1 aliphatic heterocycles. The number of ether oxygens (including phenoxy) is 1. The van der Waals surface area contributed by atoms with E-state index in [1.807, 2.05) is 44.2 Å². The van der Waals surface area contributed by atoms with Gasteiger partial charge in [-0.1, -0.05) is 45.9 Å². The van der Waals surface area contributed by atoms with Gasteiger partial charge < -0.3 is 14.9 Å². The van der Waals surface area contributed by atoms with E-state index >= 15 is 0 Å². The predicted molar refractivity (Wildman–Crippen MR) is 140 cm³/mol. The van der Waals surface area contributed by atoms with Crippen LogP contribution in [-0.2, 0) is 10.3 Å². The normalized spacial score (nSPS) is 13.8. The third kappa shape index (κ3) is 4.61. The van der Waals surface area contributed by atoms with Crippen LogP contribution in [0.25, 0.3) is 0 Å². The van der Waals surface area contributed by atoms with Crippen LogP contribution >= 0.6 is 0 Å². The summed E-state index contributed by atoms with van der Waals surface area (Å²) >= 11 is 0. The number of aromatic hydroxyl groups is 2. The summed E-state index contributed by atoms with van der Waals surface area (Å²) in [5, 5.41) is 21.0. The van der Waals surface area contributed by atoms with Gasteiger partial charge in [0.25, 0.3) is 0 Å². The number of cyclic esters (lactones) is 1. The van der Waals surface area contributed by atoms with E-state index in [1.165, 1.54) is 0 Å². The molecule has 0 radical (unpaired) electrons. The number of carbonyl (C=O) groups is 1. The number of phenols is 2. The number of carbonyl (C=O) groups excluding carboxylic acids is 1. The molecule has 0 saturated heterocycles. The van der Waals surface area contributed by atoms with Crippen molar-refractivity contribution in [3.8, 4) is 11.5 Å². The molecule has 0 aromatic heterocycles. The van der Waals surface area contributed by atoms with Crippen molar-refractivity contribution in [1.82, 2.24) is 0 Å². The van der Waals surface area contributed by atoms with Crippen molar-refractivity contribution in [3.05, 3.63) is 93.0 Å². The second-order valence-corrected chi connectivity index (χ2v) is 9.38. The molecule has 0 atom stereocenters. The molecule has 1 aliphatic rings. The van der Waals surface area contributed by atoms with E-state index in [1.54, 1.807) is 18.2 Å². The maximum absolute atomic E-state index is 13.2. The van der Waals surface area contributed by atoms with Crippen molar-refractivity contribution >= 4 is 65.1 Å². The molecule has 2 N–H and O–H groups in total. The van der Waals surface area contributed by atoms with Crippen LogP contribution in [-0.4, -0.2) is 75.3 Å². The van der Waals surface area contributed by atoms with Gasteiger partial charge >= 0.3 is 65.1 Å². The zero-order chi connectivity index (χ0) is 23.4. The molecule has 170 valence electrons. The Kier molecular flexibility index (Phi) is 9.18. The zero-order valence-electron chi connectivity index (χ0n) is 19.5. The van der Waals surface area contributed by atoms with E-state index in [4.69, 9.17) is 4.74 Å². The molecule has 3 aromatic rings. The van der Waals surface area contributed by atoms with Gasteiger partial charge in [0, 0.05) is 16.7 Å². The maximum atomic E-state index is 13.2. The molecule has 34 heavy (non-hydrogen) atoms. The summed E-state index contributed by atoms with van der Waals surface area (Å²) in [4.78, 5) is 13.2. The van der Waals surface area contributed by atoms with Gasteiger partial charge in [-0.25, -0.2) is 4.79 Å². The molecule has 0 spiro atoms. The van der Waals surface area contributed by atoms with Crippen LogP contribution in [0.2, 0.25) is 0 Å². The first-order valence-corrected chi connectivity index (χ1v) is 11.1. The summed E-state index contributed by atoms with van der Waals surface area (Å²) in [6.45, 7) is 12.0. The van der Waals surface area contributed by atoms with E-state index in [9.17, 15) is 15.0 Å². The van der Waals surface area contributed by atoms with E-state index in [0.29, 0.717) is 16.7 Å². The molecule has 0 amide bonds. The third-order valence-electron chi connectivity index (χ3n) is 6.51. The fraction of sp³-hybridized carbons (Fsp3) is 0.321. The number of hydrogen-bond acceptors (Lipinski definition) is 4. The van der Waals surface area contributed by atoms with E-state index in [2.05, 4.69) is 27.7 Å². The van der Waals surface area contributed by atoms with Crippen molar-refractivity contribution in [1.29, 1.82) is 0 Å². The van der Waals surface area contributed by atoms with Crippen molar-refractivity contribution in [2.75, 3.05) is 0 Å². The van der Waals surface area contributed by atoms with Crippen LogP contribution in [0.3, 0.4) is 0 Å². The topological polar surface area (TPSA) is 66.8 Å². The summed E-state index contributed by atoms with van der Waals surface area (Å²) in [6, 6.07) is 14.9. The molecular formula is C28H32Na2O4. The summed E-state index contributed by atoms with van der Waals surface area (Å²) in [6.07, 6.45) is 0. The molecule has 1 heterocycles. The van der Waals surface area contributed by atoms with Gasteiger partial charge in [0.15, 0.2) is 5.60 Å². The molecule has 4 rings (SSSR count). The van der Waals surface area contributed by atoms with Crippen LogP contribution < -0.4 is 0 Å². The van der Waals surface area contributed by atoms with Crippen molar-refractivity contribution in [3.63, 3.8) is 0 Å². The predicted octanol–water partition coefficient (Wildman–Crippen LogP) is 5.13. The van der Waals surface area contributed by atoms with Crippen molar-refractivity contribution in [2.24, 2.45) is 0 Å². The molecule has 0 unspecified atom stereocenters. The Hall–Kier alpha value is -1.27. The third-order valence-corrected chi connectivity index (χ3v) is 6.51.